The molecule has 1 aliphatic heterocycles. The van der Waals surface area contributed by atoms with Crippen LogP contribution in [0.1, 0.15) is 120 Å². The van der Waals surface area contributed by atoms with Crippen molar-refractivity contribution in [1.82, 2.24) is 52.8 Å². The molecule has 12 N–H and O–H groups in total. The number of hydrogen-bond donors (Lipinski definition) is 12. The van der Waals surface area contributed by atoms with E-state index in [4.69, 9.17) is 15.2 Å². The Labute approximate surface area is 859 Å². The molecule has 0 aliphatic carbocycles. The number of aliphatic carboxylic acids is 1. The third kappa shape index (κ3) is 36.4. The van der Waals surface area contributed by atoms with E-state index in [0.29, 0.717) is 39.1 Å². The van der Waals surface area contributed by atoms with Gasteiger partial charge in [-0.2, -0.15) is 12.6 Å². The van der Waals surface area contributed by atoms with Crippen LogP contribution in [0.4, 0.5) is 0 Å². The van der Waals surface area contributed by atoms with E-state index >= 15 is 28.8 Å². The molecule has 0 spiro atoms. The van der Waals surface area contributed by atoms with Gasteiger partial charge in [0, 0.05) is 48.2 Å². The molecule has 8 rings (SSSR count). The molecule has 0 saturated carbocycles. The molecule has 10 amide bonds. The second kappa shape index (κ2) is 53.4. The first kappa shape index (κ1) is 116. The molecule has 133 heavy (non-hydrogen) atoms. The Bertz CT molecular complexity index is 5280. The van der Waals surface area contributed by atoms with Crippen LogP contribution in [-0.4, -0.2) is 227 Å². The molecule has 1 heterocycles. The van der Waals surface area contributed by atoms with Crippen LogP contribution in [0.2, 0.25) is 0 Å². The fraction of sp³-hybridized carbons (Fsp3) is 0.379. The number of esters is 1. The summed E-state index contributed by atoms with van der Waals surface area (Å²) in [6.07, 6.45) is -2.93. The van der Waals surface area contributed by atoms with Crippen molar-refractivity contribution >= 4 is 155 Å². The number of thiol groups is 1. The van der Waals surface area contributed by atoms with Crippen LogP contribution in [0.25, 0.3) is 0 Å². The smallest absolute Gasteiger partial charge is 0.739 e. The zero-order valence-electron chi connectivity index (χ0n) is 74.6. The number of nitrogens with zero attached hydrogens (tertiary/aromatic N) is 1. The van der Waals surface area contributed by atoms with Crippen molar-refractivity contribution in [2.24, 2.45) is 5.73 Å². The number of benzene rings is 7. The van der Waals surface area contributed by atoms with Crippen molar-refractivity contribution in [2.45, 2.75) is 169 Å². The zero-order chi connectivity index (χ0) is 95.5. The summed E-state index contributed by atoms with van der Waals surface area (Å²) in [5.41, 5.74) is 5.95. The summed E-state index contributed by atoms with van der Waals surface area (Å²) in [4.78, 5) is 178. The van der Waals surface area contributed by atoms with Gasteiger partial charge in [-0.25, -0.2) is 30.0 Å². The Morgan fingerprint density at radius 3 is 1.25 bits per heavy atom. The van der Waals surface area contributed by atoms with Crippen LogP contribution >= 0.6 is 56.8 Å². The first-order valence-corrected chi connectivity index (χ1v) is 50.9. The molecule has 700 valence electrons. The van der Waals surface area contributed by atoms with Gasteiger partial charge in [0.15, 0.2) is 0 Å². The predicted octanol–water partition coefficient (Wildman–Crippen LogP) is -4.42. The molecule has 0 aromatic heterocycles. The van der Waals surface area contributed by atoms with Crippen molar-refractivity contribution in [3.63, 3.8) is 0 Å². The summed E-state index contributed by atoms with van der Waals surface area (Å²) in [5.74, 6) is -18.2. The molecule has 1 fully saturated rings. The second-order valence-corrected chi connectivity index (χ2v) is 43.5. The van der Waals surface area contributed by atoms with Crippen molar-refractivity contribution in [1.29, 1.82) is 0 Å². The van der Waals surface area contributed by atoms with E-state index in [1.165, 1.54) is 52.0 Å². The molecule has 46 heteroatoms. The fourth-order valence-corrected chi connectivity index (χ4v) is 20.0. The van der Waals surface area contributed by atoms with E-state index in [9.17, 15) is 72.8 Å². The molecule has 1 saturated heterocycles. The molecular formula is C87H102N11Na3O24S8. The Morgan fingerprint density at radius 2 is 0.842 bits per heavy atom. The maximum Gasteiger partial charge on any atom is 1.00 e. The van der Waals surface area contributed by atoms with Gasteiger partial charge in [0.05, 0.1) is 17.2 Å². The molecule has 1 aliphatic rings. The van der Waals surface area contributed by atoms with Gasteiger partial charge in [0.1, 0.15) is 104 Å². The summed E-state index contributed by atoms with van der Waals surface area (Å²) in [6, 6.07) is 40.2. The van der Waals surface area contributed by atoms with Crippen molar-refractivity contribution in [3.8, 4) is 5.75 Å². The third-order valence-corrected chi connectivity index (χ3v) is 28.0. The minimum Gasteiger partial charge on any atom is -0.739 e. The van der Waals surface area contributed by atoms with E-state index in [-0.39, 0.29) is 130 Å². The molecule has 7 aromatic carbocycles. The van der Waals surface area contributed by atoms with Crippen molar-refractivity contribution < 1.29 is 200 Å². The number of ether oxygens (including phenoxy) is 2. The average Bonchev–Trinajstić information content (AvgIpc) is 1.22. The number of carbonyl (C=O) groups excluding carboxylic acids is 11. The van der Waals surface area contributed by atoms with Crippen LogP contribution in [0.15, 0.2) is 206 Å². The number of nitrogens with one attached hydrogen (secondary N) is 9. The summed E-state index contributed by atoms with van der Waals surface area (Å²) < 4.78 is 119. The summed E-state index contributed by atoms with van der Waals surface area (Å²) in [7, 11) is -16.9. The van der Waals surface area contributed by atoms with Gasteiger partial charge in [-0.3, -0.25) is 52.7 Å². The van der Waals surface area contributed by atoms with Crippen LogP contribution in [-0.2, 0) is 106 Å². The van der Waals surface area contributed by atoms with E-state index in [1.807, 2.05) is 36.4 Å². The van der Waals surface area contributed by atoms with E-state index < -0.39 is 251 Å². The number of hydrogen-bond acceptors (Lipinski definition) is 29. The van der Waals surface area contributed by atoms with Crippen LogP contribution in [0.3, 0.4) is 0 Å². The van der Waals surface area contributed by atoms with E-state index in [2.05, 4.69) is 60.5 Å². The first-order chi connectivity index (χ1) is 61.2. The molecule has 7 aromatic rings. The maximum absolute atomic E-state index is 16.5. The fourth-order valence-electron chi connectivity index (χ4n) is 13.9. The predicted molar refractivity (Wildman–Crippen MR) is 491 cm³/mol. The van der Waals surface area contributed by atoms with Gasteiger partial charge >= 0.3 is 101 Å². The summed E-state index contributed by atoms with van der Waals surface area (Å²) >= 11 is 5.09. The first-order valence-electron chi connectivity index (χ1n) is 40.6. The van der Waals surface area contributed by atoms with Gasteiger partial charge in [-0.05, 0) is 151 Å². The molecule has 35 nitrogen and oxygen atoms in total. The summed E-state index contributed by atoms with van der Waals surface area (Å²) in [5, 5.41) is 32.4. The topological polar surface area (TPSA) is 553 Å². The van der Waals surface area contributed by atoms with Crippen LogP contribution < -0.4 is 147 Å². The number of rotatable bonds is 46. The maximum atomic E-state index is 16.5. The monoisotopic (exact) mass is 2010 g/mol. The Balaban J connectivity index is 0.0000104. The Morgan fingerprint density at radius 1 is 0.474 bits per heavy atom. The number of carbonyl (C=O) groups is 12. The Kier molecular flexibility index (Phi) is 46.5. The minimum atomic E-state index is -5.47. The Hall–Kier alpha value is -7.58. The van der Waals surface area contributed by atoms with Gasteiger partial charge in [0.2, 0.25) is 59.1 Å². The average molecular weight is 2010 g/mol. The number of amides is 10. The van der Waals surface area contributed by atoms with Gasteiger partial charge < -0.3 is 86.7 Å². The minimum absolute atomic E-state index is 0. The number of carboxylic acids is 1. The van der Waals surface area contributed by atoms with Gasteiger partial charge in [-0.1, -0.05) is 194 Å². The normalized spacial score (nSPS) is 14.9. The number of nitrogens with two attached hydrogens (primary N) is 1. The quantitative estimate of drug-likeness (QED) is 0.00428. The van der Waals surface area contributed by atoms with Crippen LogP contribution in [0.5, 0.6) is 5.75 Å². The van der Waals surface area contributed by atoms with Crippen LogP contribution in [0, 0.1) is 0 Å². The van der Waals surface area contributed by atoms with E-state index in [1.54, 1.807) is 166 Å². The third-order valence-electron chi connectivity index (χ3n) is 19.8. The SMILES string of the molecule is C[C@H](NC(=O)[C@@H]1CCCN1C(=O)[C@H](CC(=O)NC(c1ccccc1)(c1ccccc1)c1ccccc1)NC(=O)[C@H](CSC(c1ccccc1)(c1ccccc1)c1ccccc1)NC(=O)[C@H](CSS(=O)(=O)[O-])NC(=O)[C@H](Cc1ccc(OC(C)(C)C)cc1)NC(=O)[C@H](CCC(=O)OC(C)(C)C)NC(=O)[C@H](CSS(=O)(=O)[O-])NC(=O)[C@@H](N)CSS(=O)(=O)[O-])C(=O)N[C@@H](CS)C(=O)O.[Na+].[Na+].[Na+]. The number of likely N-dealkylation sites (tertiary alicyclic amines) is 1. The second-order valence-electron chi connectivity index (χ2n) is 31.9. The molecule has 10 atom stereocenters. The summed E-state index contributed by atoms with van der Waals surface area (Å²) in [6.45, 7) is 10.8. The van der Waals surface area contributed by atoms with Crippen molar-refractivity contribution in [2.75, 3.05) is 35.3 Å². The van der Waals surface area contributed by atoms with Gasteiger partial charge in [-0.15, -0.1) is 11.8 Å². The molecule has 0 bridgehead atoms. The standard InChI is InChI=1S/C87H105N11O24S8.3Na/c1-54(74(101)93-67(49-123)83(110)111)89-81(108)71-39-26-46-98(71)82(109)66(48-72(99)97-86(56-27-14-8-15-28-56,57-29-16-9-17-30-57)58-31-18-10-19-32-58)92-78(105)68(51-124-87(59-33-20-11-21-34-59,60-35-22-12-23-36-60)61-37-24-13-25-38-61)95-80(107)70(53-127-130(118,119)120)96-77(104)65(47-55-40-42-62(43-41-55)121-84(2,3)4)91-76(103)64(44-45-73(100)122-85(5,6)7)90-79(106)69(52-126-129(115,116)117)94-75(102)63(88)50-125-128(112,113)114;;;/h8-25,27-38,40-43,54,63-71,123H,26,39,44-53,88H2,1-7H3,(H,89,108)(H,90,106)(H,91,103)(H,92,105)(H,93,101)(H,94,102)(H,95,107)(H,96,104)(H,97,99)(H,110,111)(H,112,113,114)(H,115,116,117)(H,118,119,120);;;/q;3*+1/p-3/t54-,63-,64-,65-,66-,67-,68-,69-,70-,71-;;;/m0.../s1. The molecule has 0 radical (unpaired) electrons. The zero-order valence-corrected chi connectivity index (χ0v) is 87.2. The molecule has 0 unspecified atom stereocenters. The molecular weight excluding hydrogens is 1910 g/mol. The number of carboxylic acid groups (broad SMARTS) is 1. The van der Waals surface area contributed by atoms with E-state index in [0.717, 1.165) is 16.7 Å². The number of thioether (sulfide) groups is 1. The van der Waals surface area contributed by atoms with Crippen molar-refractivity contribution in [3.05, 3.63) is 245 Å². The largest absolute Gasteiger partial charge is 1.00 e. The van der Waals surface area contributed by atoms with Gasteiger partial charge in [0.25, 0.3) is 0 Å².